The van der Waals surface area contributed by atoms with E-state index in [9.17, 15) is 0 Å². The maximum Gasteiger partial charge on any atom is -0.0386 e. The lowest BCUT2D eigenvalue weighted by Gasteiger charge is -2.15. The Labute approximate surface area is 51.3 Å². The van der Waals surface area contributed by atoms with Crippen LogP contribution in [0.3, 0.4) is 0 Å². The molecule has 0 aromatic carbocycles. The van der Waals surface area contributed by atoms with Crippen molar-refractivity contribution in [3.05, 3.63) is 0 Å². The Balaban J connectivity index is 2.11. The van der Waals surface area contributed by atoms with Crippen molar-refractivity contribution in [2.75, 3.05) is 0 Å². The average molecular weight is 110 g/mol. The molecule has 0 amide bonds. The molecule has 0 spiro atoms. The van der Waals surface area contributed by atoms with E-state index in [0.29, 0.717) is 0 Å². The number of rotatable bonds is 0. The first-order chi connectivity index (χ1) is 3.86. The molecule has 2 aliphatic rings. The zero-order valence-corrected chi connectivity index (χ0v) is 5.56. The van der Waals surface area contributed by atoms with E-state index in [1.165, 1.54) is 0 Å². The molecule has 2 fully saturated rings. The summed E-state index contributed by atoms with van der Waals surface area (Å²) in [5.74, 6) is 3.36. The zero-order chi connectivity index (χ0) is 5.56. The summed E-state index contributed by atoms with van der Waals surface area (Å²) < 4.78 is 0. The third-order valence-electron chi connectivity index (χ3n) is 3.09. The van der Waals surface area contributed by atoms with Crippen LogP contribution in [0.15, 0.2) is 0 Å². The molecular formula is C8H14. The van der Waals surface area contributed by atoms with Gasteiger partial charge in [0.05, 0.1) is 0 Å². The van der Waals surface area contributed by atoms with Crippen molar-refractivity contribution in [1.82, 2.24) is 0 Å². The van der Waals surface area contributed by atoms with Gasteiger partial charge in [-0.3, -0.25) is 0 Å². The Morgan fingerprint density at radius 3 is 2.25 bits per heavy atom. The summed E-state index contributed by atoms with van der Waals surface area (Å²) in [5, 5.41) is 0. The normalized spacial score (nSPS) is 52.9. The maximum absolute atomic E-state index is 2.42. The van der Waals surface area contributed by atoms with Gasteiger partial charge in [-0.2, -0.15) is 0 Å². The standard InChI is InChI=1S/C8H14/c1-6-4-7-2-3-8(6)5-7/h6-8H,2-5H2,1H3/t6-,7+,8-/m0/s1. The van der Waals surface area contributed by atoms with Crippen LogP contribution in [-0.4, -0.2) is 0 Å². The molecule has 8 heavy (non-hydrogen) atoms. The van der Waals surface area contributed by atoms with Crippen molar-refractivity contribution in [2.24, 2.45) is 17.8 Å². The molecule has 46 valence electrons. The molecule has 2 aliphatic carbocycles. The van der Waals surface area contributed by atoms with Gasteiger partial charge in [0, 0.05) is 0 Å². The summed E-state index contributed by atoms with van der Waals surface area (Å²) >= 11 is 0. The predicted molar refractivity (Wildman–Crippen MR) is 34.6 cm³/mol. The molecule has 0 nitrogen and oxygen atoms in total. The first-order valence-corrected chi connectivity index (χ1v) is 3.86. The quantitative estimate of drug-likeness (QED) is 0.449. The molecule has 0 N–H and O–H groups in total. The van der Waals surface area contributed by atoms with Crippen LogP contribution in [0.1, 0.15) is 32.6 Å². The van der Waals surface area contributed by atoms with Crippen molar-refractivity contribution in [3.63, 3.8) is 0 Å². The van der Waals surface area contributed by atoms with E-state index in [-0.39, 0.29) is 0 Å². The van der Waals surface area contributed by atoms with Gasteiger partial charge in [-0.25, -0.2) is 0 Å². The van der Waals surface area contributed by atoms with Gasteiger partial charge < -0.3 is 0 Å². The SMILES string of the molecule is C[C@H]1C[C@H]2CC[C@H]1C2. The van der Waals surface area contributed by atoms with E-state index in [1.807, 2.05) is 0 Å². The molecule has 2 saturated carbocycles. The second-order valence-corrected chi connectivity index (χ2v) is 3.65. The van der Waals surface area contributed by atoms with E-state index in [2.05, 4.69) is 6.92 Å². The fourth-order valence-corrected chi connectivity index (χ4v) is 2.56. The van der Waals surface area contributed by atoms with Crippen molar-refractivity contribution in [1.29, 1.82) is 0 Å². The first-order valence-electron chi connectivity index (χ1n) is 3.86. The molecule has 2 bridgehead atoms. The zero-order valence-electron chi connectivity index (χ0n) is 5.56. The smallest absolute Gasteiger partial charge is 0.0386 e. The Morgan fingerprint density at radius 1 is 1.12 bits per heavy atom. The summed E-state index contributed by atoms with van der Waals surface area (Å²) in [7, 11) is 0. The summed E-state index contributed by atoms with van der Waals surface area (Å²) in [4.78, 5) is 0. The van der Waals surface area contributed by atoms with Crippen LogP contribution in [-0.2, 0) is 0 Å². The van der Waals surface area contributed by atoms with Crippen LogP contribution in [0.25, 0.3) is 0 Å². The topological polar surface area (TPSA) is 0 Å². The van der Waals surface area contributed by atoms with Gasteiger partial charge in [0.15, 0.2) is 0 Å². The van der Waals surface area contributed by atoms with Gasteiger partial charge in [-0.1, -0.05) is 13.3 Å². The molecule has 3 atom stereocenters. The highest BCUT2D eigenvalue weighted by Crippen LogP contribution is 2.47. The summed E-state index contributed by atoms with van der Waals surface area (Å²) in [6, 6.07) is 0. The minimum Gasteiger partial charge on any atom is -0.0622 e. The highest BCUT2D eigenvalue weighted by Gasteiger charge is 2.36. The van der Waals surface area contributed by atoms with Crippen LogP contribution in [0.5, 0.6) is 0 Å². The van der Waals surface area contributed by atoms with Gasteiger partial charge in [0.1, 0.15) is 0 Å². The Hall–Kier alpha value is 0. The van der Waals surface area contributed by atoms with Crippen LogP contribution < -0.4 is 0 Å². The van der Waals surface area contributed by atoms with Gasteiger partial charge in [-0.15, -0.1) is 0 Å². The van der Waals surface area contributed by atoms with Gasteiger partial charge >= 0.3 is 0 Å². The van der Waals surface area contributed by atoms with Gasteiger partial charge in [-0.05, 0) is 37.0 Å². The highest BCUT2D eigenvalue weighted by atomic mass is 14.4. The predicted octanol–water partition coefficient (Wildman–Crippen LogP) is 2.44. The van der Waals surface area contributed by atoms with E-state index in [1.54, 1.807) is 25.7 Å². The number of hydrogen-bond acceptors (Lipinski definition) is 0. The molecule has 0 saturated heterocycles. The van der Waals surface area contributed by atoms with Gasteiger partial charge in [0.2, 0.25) is 0 Å². The summed E-state index contributed by atoms with van der Waals surface area (Å²) in [6.45, 7) is 2.42. The second-order valence-electron chi connectivity index (χ2n) is 3.65. The van der Waals surface area contributed by atoms with Crippen LogP contribution in [0.4, 0.5) is 0 Å². The third-order valence-corrected chi connectivity index (χ3v) is 3.09. The minimum atomic E-state index is 1.08. The van der Waals surface area contributed by atoms with Gasteiger partial charge in [0.25, 0.3) is 0 Å². The third kappa shape index (κ3) is 0.519. The lowest BCUT2D eigenvalue weighted by atomic mass is 9.91. The van der Waals surface area contributed by atoms with Crippen LogP contribution >= 0.6 is 0 Å². The van der Waals surface area contributed by atoms with Crippen molar-refractivity contribution in [3.8, 4) is 0 Å². The molecular weight excluding hydrogens is 96.1 g/mol. The fourth-order valence-electron chi connectivity index (χ4n) is 2.56. The number of hydrogen-bond donors (Lipinski definition) is 0. The van der Waals surface area contributed by atoms with Crippen molar-refractivity contribution >= 4 is 0 Å². The van der Waals surface area contributed by atoms with Crippen LogP contribution in [0.2, 0.25) is 0 Å². The maximum atomic E-state index is 2.42. The highest BCUT2D eigenvalue weighted by molar-refractivity contribution is 4.87. The molecule has 0 aliphatic heterocycles. The summed E-state index contributed by atoms with van der Waals surface area (Å²) in [6.07, 6.45) is 6.21. The Kier molecular flexibility index (Phi) is 0.902. The Morgan fingerprint density at radius 2 is 2.00 bits per heavy atom. The van der Waals surface area contributed by atoms with E-state index >= 15 is 0 Å². The van der Waals surface area contributed by atoms with Crippen LogP contribution in [0, 0.1) is 17.8 Å². The van der Waals surface area contributed by atoms with Crippen molar-refractivity contribution in [2.45, 2.75) is 32.6 Å². The van der Waals surface area contributed by atoms with Crippen molar-refractivity contribution < 1.29 is 0 Å². The molecule has 0 radical (unpaired) electrons. The molecule has 2 rings (SSSR count). The second kappa shape index (κ2) is 1.49. The Bertz CT molecular complexity index is 94.2. The summed E-state index contributed by atoms with van der Waals surface area (Å²) in [5.41, 5.74) is 0. The molecule has 0 heteroatoms. The monoisotopic (exact) mass is 110 g/mol. The first kappa shape index (κ1) is 4.84. The van der Waals surface area contributed by atoms with E-state index < -0.39 is 0 Å². The fraction of sp³-hybridized carbons (Fsp3) is 1.00. The minimum absolute atomic E-state index is 1.08. The van der Waals surface area contributed by atoms with E-state index in [4.69, 9.17) is 0 Å². The largest absolute Gasteiger partial charge is 0.0622 e. The number of fused-ring (bicyclic) bond motifs is 2. The molecule has 0 aromatic heterocycles. The molecule has 0 unspecified atom stereocenters. The lowest BCUT2D eigenvalue weighted by molar-refractivity contribution is 0.360. The molecule has 0 aromatic rings. The van der Waals surface area contributed by atoms with E-state index in [0.717, 1.165) is 17.8 Å². The average Bonchev–Trinajstić information content (AvgIpc) is 2.23. The lowest BCUT2D eigenvalue weighted by Crippen LogP contribution is -2.04. The molecule has 0 heterocycles.